The lowest BCUT2D eigenvalue weighted by Crippen LogP contribution is -2.04. The number of benzene rings is 12. The lowest BCUT2D eigenvalue weighted by atomic mass is 9.95. The van der Waals surface area contributed by atoms with E-state index in [1.807, 2.05) is 0 Å². The van der Waals surface area contributed by atoms with Crippen LogP contribution in [0.25, 0.3) is 154 Å². The first-order valence-electron chi connectivity index (χ1n) is 27.4. The predicted octanol–water partition coefficient (Wildman–Crippen LogP) is 20.1. The summed E-state index contributed by atoms with van der Waals surface area (Å²) in [6.07, 6.45) is 0. The van der Waals surface area contributed by atoms with E-state index < -0.39 is 0 Å². The SMILES string of the molecule is c1ccc(-c2ccc(-c3nc(-c4ccc5c(c4)sc4ccccc45)nc(-c4ccc(-c5ccccc5)cc4-n4c5cc(-c6ccccc6)ccc5c5c(-c6cccc7c6c6ccccc6n7-c6ccccc6)cccc54)n3)cc2)cc1. The summed E-state index contributed by atoms with van der Waals surface area (Å²) in [5.74, 6) is 1.79. The van der Waals surface area contributed by atoms with Gasteiger partial charge in [0.2, 0.25) is 0 Å². The Kier molecular flexibility index (Phi) is 11.0. The first-order valence-corrected chi connectivity index (χ1v) is 28.2. The molecule has 6 heteroatoms. The van der Waals surface area contributed by atoms with E-state index in [4.69, 9.17) is 15.0 Å². The van der Waals surface area contributed by atoms with E-state index in [0.717, 1.165) is 88.9 Å². The Morgan fingerprint density at radius 3 is 1.40 bits per heavy atom. The van der Waals surface area contributed by atoms with Crippen LogP contribution in [0, 0.1) is 0 Å². The molecule has 0 spiro atoms. The highest BCUT2D eigenvalue weighted by Gasteiger charge is 2.25. The molecule has 0 N–H and O–H groups in total. The van der Waals surface area contributed by atoms with Gasteiger partial charge in [-0.1, -0.05) is 224 Å². The number of thiophene rings is 1. The Morgan fingerprint density at radius 2 is 0.704 bits per heavy atom. The molecule has 0 atom stereocenters. The third-order valence-electron chi connectivity index (χ3n) is 16.0. The molecule has 81 heavy (non-hydrogen) atoms. The molecular formula is C75H47N5S. The van der Waals surface area contributed by atoms with Crippen LogP contribution in [-0.4, -0.2) is 24.1 Å². The molecule has 12 aromatic carbocycles. The zero-order valence-electron chi connectivity index (χ0n) is 43.8. The van der Waals surface area contributed by atoms with Gasteiger partial charge < -0.3 is 9.13 Å². The molecule has 0 aliphatic carbocycles. The van der Waals surface area contributed by atoms with Crippen LogP contribution in [0.1, 0.15) is 0 Å². The van der Waals surface area contributed by atoms with Crippen LogP contribution in [-0.2, 0) is 0 Å². The molecule has 4 aromatic heterocycles. The Balaban J connectivity index is 0.977. The summed E-state index contributed by atoms with van der Waals surface area (Å²) >= 11 is 1.80. The monoisotopic (exact) mass is 1050 g/mol. The Bertz CT molecular complexity index is 5080. The third-order valence-corrected chi connectivity index (χ3v) is 17.1. The molecule has 5 nitrogen and oxygen atoms in total. The fourth-order valence-corrected chi connectivity index (χ4v) is 13.4. The summed E-state index contributed by atoms with van der Waals surface area (Å²) in [5.41, 5.74) is 18.4. The predicted molar refractivity (Wildman–Crippen MR) is 339 cm³/mol. The van der Waals surface area contributed by atoms with Crippen LogP contribution in [0.4, 0.5) is 0 Å². The van der Waals surface area contributed by atoms with Crippen LogP contribution >= 0.6 is 11.3 Å². The van der Waals surface area contributed by atoms with Gasteiger partial charge in [-0.15, -0.1) is 11.3 Å². The topological polar surface area (TPSA) is 48.5 Å². The fourth-order valence-electron chi connectivity index (χ4n) is 12.2. The van der Waals surface area contributed by atoms with Crippen LogP contribution in [0.15, 0.2) is 285 Å². The summed E-state index contributed by atoms with van der Waals surface area (Å²) in [5, 5.41) is 7.21. The zero-order chi connectivity index (χ0) is 53.4. The fraction of sp³-hybridized carbons (Fsp3) is 0. The van der Waals surface area contributed by atoms with E-state index >= 15 is 0 Å². The van der Waals surface area contributed by atoms with Crippen LogP contribution in [0.3, 0.4) is 0 Å². The lowest BCUT2D eigenvalue weighted by molar-refractivity contribution is 1.07. The average molecular weight is 1050 g/mol. The number of nitrogens with zero attached hydrogens (tertiary/aromatic N) is 5. The van der Waals surface area contributed by atoms with Gasteiger partial charge in [-0.3, -0.25) is 0 Å². The zero-order valence-corrected chi connectivity index (χ0v) is 44.6. The van der Waals surface area contributed by atoms with E-state index in [1.165, 1.54) is 47.4 Å². The Morgan fingerprint density at radius 1 is 0.247 bits per heavy atom. The molecule has 0 saturated carbocycles. The minimum absolute atomic E-state index is 0.581. The van der Waals surface area contributed by atoms with Gasteiger partial charge in [0, 0.05) is 64.1 Å². The summed E-state index contributed by atoms with van der Waals surface area (Å²) in [4.78, 5) is 16.4. The smallest absolute Gasteiger partial charge is 0.166 e. The number of hydrogen-bond donors (Lipinski definition) is 0. The van der Waals surface area contributed by atoms with Crippen molar-refractivity contribution in [2.75, 3.05) is 0 Å². The van der Waals surface area contributed by atoms with E-state index in [2.05, 4.69) is 294 Å². The summed E-state index contributed by atoms with van der Waals surface area (Å²) < 4.78 is 7.31. The molecule has 16 rings (SSSR count). The highest BCUT2D eigenvalue weighted by Crippen LogP contribution is 2.46. The highest BCUT2D eigenvalue weighted by atomic mass is 32.1. The van der Waals surface area contributed by atoms with Gasteiger partial charge in [0.1, 0.15) is 0 Å². The molecule has 0 aliphatic rings. The van der Waals surface area contributed by atoms with Crippen molar-refractivity contribution in [3.8, 4) is 90.0 Å². The second-order valence-electron chi connectivity index (χ2n) is 20.7. The van der Waals surface area contributed by atoms with Crippen molar-refractivity contribution in [2.45, 2.75) is 0 Å². The molecule has 0 amide bonds. The van der Waals surface area contributed by atoms with Gasteiger partial charge >= 0.3 is 0 Å². The number of hydrogen-bond acceptors (Lipinski definition) is 4. The first kappa shape index (κ1) is 46.6. The Labute approximate surface area is 471 Å². The van der Waals surface area contributed by atoms with E-state index in [0.29, 0.717) is 17.5 Å². The van der Waals surface area contributed by atoms with Gasteiger partial charge in [-0.25, -0.2) is 15.0 Å². The highest BCUT2D eigenvalue weighted by molar-refractivity contribution is 7.25. The molecule has 0 unspecified atom stereocenters. The third kappa shape index (κ3) is 7.87. The van der Waals surface area contributed by atoms with E-state index in [-0.39, 0.29) is 0 Å². The molecule has 0 radical (unpaired) electrons. The maximum Gasteiger partial charge on any atom is 0.166 e. The van der Waals surface area contributed by atoms with Crippen molar-refractivity contribution in [3.05, 3.63) is 285 Å². The van der Waals surface area contributed by atoms with Crippen LogP contribution < -0.4 is 0 Å². The van der Waals surface area contributed by atoms with Crippen molar-refractivity contribution in [3.63, 3.8) is 0 Å². The maximum atomic E-state index is 5.55. The van der Waals surface area contributed by atoms with Crippen LogP contribution in [0.2, 0.25) is 0 Å². The lowest BCUT2D eigenvalue weighted by Gasteiger charge is -2.17. The van der Waals surface area contributed by atoms with Crippen molar-refractivity contribution in [1.82, 2.24) is 24.1 Å². The van der Waals surface area contributed by atoms with Gasteiger partial charge in [-0.2, -0.15) is 0 Å². The largest absolute Gasteiger partial charge is 0.309 e. The molecule has 378 valence electrons. The van der Waals surface area contributed by atoms with Crippen molar-refractivity contribution >= 4 is 75.1 Å². The first-order chi connectivity index (χ1) is 40.2. The second-order valence-corrected chi connectivity index (χ2v) is 21.8. The van der Waals surface area contributed by atoms with Gasteiger partial charge in [0.25, 0.3) is 0 Å². The molecular weight excluding hydrogens is 1000 g/mol. The number of fused-ring (bicyclic) bond motifs is 9. The quantitative estimate of drug-likeness (QED) is 0.145. The van der Waals surface area contributed by atoms with E-state index in [9.17, 15) is 0 Å². The molecule has 0 fully saturated rings. The van der Waals surface area contributed by atoms with Gasteiger partial charge in [-0.05, 0) is 105 Å². The molecule has 4 heterocycles. The second kappa shape index (κ2) is 19.1. The van der Waals surface area contributed by atoms with Crippen LogP contribution in [0.5, 0.6) is 0 Å². The summed E-state index contributed by atoms with van der Waals surface area (Å²) in [7, 11) is 0. The normalized spacial score (nSPS) is 11.7. The Hall–Kier alpha value is -10.5. The van der Waals surface area contributed by atoms with Gasteiger partial charge in [0.05, 0.1) is 27.8 Å². The minimum Gasteiger partial charge on any atom is -0.309 e. The van der Waals surface area contributed by atoms with Crippen molar-refractivity contribution in [2.24, 2.45) is 0 Å². The number of aromatic nitrogens is 5. The summed E-state index contributed by atoms with van der Waals surface area (Å²) in [6.45, 7) is 0. The molecule has 0 saturated heterocycles. The average Bonchev–Trinajstić information content (AvgIpc) is 4.26. The molecule has 0 aliphatic heterocycles. The molecule has 16 aromatic rings. The van der Waals surface area contributed by atoms with E-state index in [1.54, 1.807) is 11.3 Å². The number of para-hydroxylation sites is 2. The minimum atomic E-state index is 0.581. The van der Waals surface area contributed by atoms with Crippen molar-refractivity contribution in [1.29, 1.82) is 0 Å². The standard InChI is InChI=1S/C75H47N5S/c1-5-19-48(20-6-1)51-35-37-52(38-36-51)73-76-74(55-41-42-58-57-27-14-16-34-69(57)81-70(58)47-55)78-75(77-73)63-44-40-54(50-23-9-3-10-24-50)46-68(63)80-66-33-18-30-60(72(66)62-43-39-53(45-67(62)80)49-21-7-2-8-22-49)59-29-17-32-65-71(59)61-28-13-15-31-64(61)79(65)56-25-11-4-12-26-56/h1-47H. The van der Waals surface area contributed by atoms with Crippen molar-refractivity contribution < 1.29 is 0 Å². The number of rotatable bonds is 9. The van der Waals surface area contributed by atoms with Gasteiger partial charge in [0.15, 0.2) is 17.5 Å². The molecule has 0 bridgehead atoms. The summed E-state index contributed by atoms with van der Waals surface area (Å²) in [6, 6.07) is 103. The maximum absolute atomic E-state index is 5.55.